The predicted molar refractivity (Wildman–Crippen MR) is 39.7 cm³/mol. The topological polar surface area (TPSA) is 27.7 Å². The van der Waals surface area contributed by atoms with Gasteiger partial charge < -0.3 is 14.2 Å². The van der Waals surface area contributed by atoms with E-state index < -0.39 is 5.79 Å². The lowest BCUT2D eigenvalue weighted by atomic mass is 10.4. The van der Waals surface area contributed by atoms with E-state index in [-0.39, 0.29) is 0 Å². The van der Waals surface area contributed by atoms with Gasteiger partial charge in [-0.25, -0.2) is 0 Å². The highest BCUT2D eigenvalue weighted by Gasteiger charge is 2.28. The number of methoxy groups -OCH3 is 1. The van der Waals surface area contributed by atoms with Crippen LogP contribution in [0.5, 0.6) is 0 Å². The Bertz CT molecular complexity index is 199. The molecule has 62 valence electrons. The Hall–Kier alpha value is -0.920. The van der Waals surface area contributed by atoms with Gasteiger partial charge >= 0.3 is 0 Å². The Balaban J connectivity index is 2.61. The lowest BCUT2D eigenvalue weighted by Crippen LogP contribution is -2.18. The first kappa shape index (κ1) is 8.18. The number of hydrogen-bond acceptors (Lipinski definition) is 3. The van der Waals surface area contributed by atoms with Gasteiger partial charge in [0.2, 0.25) is 5.79 Å². The Kier molecular flexibility index (Phi) is 2.22. The molecule has 3 heteroatoms. The van der Waals surface area contributed by atoms with Crippen LogP contribution in [0.4, 0.5) is 0 Å². The molecular weight excluding hydrogens is 144 g/mol. The lowest BCUT2D eigenvalue weighted by Gasteiger charge is -2.14. The summed E-state index contributed by atoms with van der Waals surface area (Å²) in [6.45, 7) is 4.18. The van der Waals surface area contributed by atoms with Gasteiger partial charge in [0.15, 0.2) is 5.76 Å². The highest BCUT2D eigenvalue weighted by molar-refractivity contribution is 4.96. The molecule has 1 heterocycles. The van der Waals surface area contributed by atoms with Crippen LogP contribution in [0.15, 0.2) is 17.8 Å². The molecule has 0 aromatic heterocycles. The first-order chi connectivity index (χ1) is 5.14. The van der Waals surface area contributed by atoms with Crippen molar-refractivity contribution in [2.24, 2.45) is 0 Å². The zero-order chi connectivity index (χ0) is 8.32. The van der Waals surface area contributed by atoms with Gasteiger partial charge in [-0.3, -0.25) is 0 Å². The van der Waals surface area contributed by atoms with Crippen molar-refractivity contribution < 1.29 is 14.2 Å². The van der Waals surface area contributed by atoms with Crippen molar-refractivity contribution in [2.75, 3.05) is 13.7 Å². The van der Waals surface area contributed by atoms with Crippen LogP contribution >= 0.6 is 0 Å². The first-order valence-corrected chi connectivity index (χ1v) is 3.44. The van der Waals surface area contributed by atoms with Gasteiger partial charge in [0.05, 0.1) is 7.11 Å². The van der Waals surface area contributed by atoms with Crippen molar-refractivity contribution in [3.63, 3.8) is 0 Å². The van der Waals surface area contributed by atoms with Crippen LogP contribution in [0.1, 0.15) is 13.8 Å². The van der Waals surface area contributed by atoms with Crippen molar-refractivity contribution >= 4 is 0 Å². The van der Waals surface area contributed by atoms with Crippen molar-refractivity contribution in [1.82, 2.24) is 0 Å². The zero-order valence-corrected chi connectivity index (χ0v) is 7.01. The van der Waals surface area contributed by atoms with E-state index in [1.54, 1.807) is 7.11 Å². The quantitative estimate of drug-likeness (QED) is 0.424. The molecule has 0 saturated carbocycles. The number of rotatable bonds is 1. The minimum absolute atomic E-state index is 0.465. The second-order valence-corrected chi connectivity index (χ2v) is 2.71. The number of ether oxygens (including phenoxy) is 3. The van der Waals surface area contributed by atoms with Crippen molar-refractivity contribution in [2.45, 2.75) is 19.6 Å². The highest BCUT2D eigenvalue weighted by atomic mass is 16.7. The van der Waals surface area contributed by atoms with Gasteiger partial charge in [0.1, 0.15) is 12.9 Å². The molecule has 0 aromatic carbocycles. The third kappa shape index (κ3) is 2.30. The van der Waals surface area contributed by atoms with Gasteiger partial charge in [-0.05, 0) is 5.73 Å². The van der Waals surface area contributed by atoms with Crippen LogP contribution in [-0.4, -0.2) is 19.5 Å². The molecule has 0 spiro atoms. The SMILES string of the molecule is COC=C=C1COC(C)(C)O1. The largest absolute Gasteiger partial charge is 0.496 e. The summed E-state index contributed by atoms with van der Waals surface area (Å²) in [4.78, 5) is 0. The fourth-order valence-corrected chi connectivity index (χ4v) is 0.791. The predicted octanol–water partition coefficient (Wildman–Crippen LogP) is 1.41. The molecule has 0 aromatic rings. The summed E-state index contributed by atoms with van der Waals surface area (Å²) in [6, 6.07) is 0. The van der Waals surface area contributed by atoms with E-state index in [0.717, 1.165) is 0 Å². The normalized spacial score (nSPS) is 20.5. The molecule has 1 aliphatic rings. The Morgan fingerprint density at radius 2 is 2.36 bits per heavy atom. The smallest absolute Gasteiger partial charge is 0.205 e. The van der Waals surface area contributed by atoms with Gasteiger partial charge in [-0.2, -0.15) is 0 Å². The maximum atomic E-state index is 5.32. The van der Waals surface area contributed by atoms with Gasteiger partial charge in [0, 0.05) is 13.8 Å². The molecule has 0 amide bonds. The Morgan fingerprint density at radius 1 is 1.64 bits per heavy atom. The van der Waals surface area contributed by atoms with Crippen molar-refractivity contribution in [3.05, 3.63) is 17.8 Å². The number of hydrogen-bond donors (Lipinski definition) is 0. The first-order valence-electron chi connectivity index (χ1n) is 3.44. The van der Waals surface area contributed by atoms with Gasteiger partial charge in [0.25, 0.3) is 0 Å². The summed E-state index contributed by atoms with van der Waals surface area (Å²) in [5, 5.41) is 0. The van der Waals surface area contributed by atoms with E-state index in [9.17, 15) is 0 Å². The monoisotopic (exact) mass is 156 g/mol. The van der Waals surface area contributed by atoms with Crippen LogP contribution in [0.3, 0.4) is 0 Å². The molecule has 0 atom stereocenters. The van der Waals surface area contributed by atoms with E-state index >= 15 is 0 Å². The van der Waals surface area contributed by atoms with E-state index in [2.05, 4.69) is 10.5 Å². The molecule has 1 aliphatic heterocycles. The van der Waals surface area contributed by atoms with E-state index in [4.69, 9.17) is 9.47 Å². The lowest BCUT2D eigenvalue weighted by molar-refractivity contribution is -0.116. The minimum atomic E-state index is -0.510. The molecule has 3 nitrogen and oxygen atoms in total. The molecule has 11 heavy (non-hydrogen) atoms. The third-order valence-electron chi connectivity index (χ3n) is 1.26. The van der Waals surface area contributed by atoms with Crippen LogP contribution in [0, 0.1) is 0 Å². The summed E-state index contributed by atoms with van der Waals surface area (Å²) in [5.41, 5.74) is 2.81. The average molecular weight is 156 g/mol. The molecule has 1 rings (SSSR count). The summed E-state index contributed by atoms with van der Waals surface area (Å²) in [6.07, 6.45) is 1.44. The second kappa shape index (κ2) is 2.99. The average Bonchev–Trinajstić information content (AvgIpc) is 2.26. The summed E-state index contributed by atoms with van der Waals surface area (Å²) in [5.74, 6) is 0.168. The molecule has 0 radical (unpaired) electrons. The summed E-state index contributed by atoms with van der Waals surface area (Å²) >= 11 is 0. The van der Waals surface area contributed by atoms with Crippen LogP contribution in [0.2, 0.25) is 0 Å². The molecule has 0 unspecified atom stereocenters. The van der Waals surface area contributed by atoms with Crippen LogP contribution < -0.4 is 0 Å². The van der Waals surface area contributed by atoms with Gasteiger partial charge in [-0.15, -0.1) is 0 Å². The minimum Gasteiger partial charge on any atom is -0.496 e. The standard InChI is InChI=1S/C8H12O3/c1-8(2)10-6-7(11-8)4-5-9-3/h5H,6H2,1-3H3. The maximum Gasteiger partial charge on any atom is 0.205 e. The van der Waals surface area contributed by atoms with E-state index in [0.29, 0.717) is 12.4 Å². The molecule has 1 fully saturated rings. The molecule has 0 N–H and O–H groups in total. The Labute approximate surface area is 66.2 Å². The highest BCUT2D eigenvalue weighted by Crippen LogP contribution is 2.23. The van der Waals surface area contributed by atoms with E-state index in [1.165, 1.54) is 6.26 Å². The second-order valence-electron chi connectivity index (χ2n) is 2.71. The molecule has 0 bridgehead atoms. The molecule has 1 saturated heterocycles. The van der Waals surface area contributed by atoms with Crippen molar-refractivity contribution in [3.8, 4) is 0 Å². The zero-order valence-electron chi connectivity index (χ0n) is 7.01. The van der Waals surface area contributed by atoms with E-state index in [1.807, 2.05) is 13.8 Å². The Morgan fingerprint density at radius 3 is 2.82 bits per heavy atom. The maximum absolute atomic E-state index is 5.32. The fourth-order valence-electron chi connectivity index (χ4n) is 0.791. The summed E-state index contributed by atoms with van der Waals surface area (Å²) < 4.78 is 15.3. The summed E-state index contributed by atoms with van der Waals surface area (Å²) in [7, 11) is 1.56. The van der Waals surface area contributed by atoms with Crippen molar-refractivity contribution in [1.29, 1.82) is 0 Å². The molecule has 0 aliphatic carbocycles. The fraction of sp³-hybridized carbons (Fsp3) is 0.625. The van der Waals surface area contributed by atoms with Gasteiger partial charge in [-0.1, -0.05) is 0 Å². The third-order valence-corrected chi connectivity index (χ3v) is 1.26. The van der Waals surface area contributed by atoms with Crippen LogP contribution in [0.25, 0.3) is 0 Å². The molecular formula is C8H12O3. The van der Waals surface area contributed by atoms with Crippen LogP contribution in [-0.2, 0) is 14.2 Å².